The number of halogens is 1. The molecule has 1 unspecified atom stereocenters. The summed E-state index contributed by atoms with van der Waals surface area (Å²) >= 11 is 2.59. The SMILES string of the molecule is CCOc1ccccc1Nc1nnc(SC(C)C(=O)Nc2ccccc2F)s1. The van der Waals surface area contributed by atoms with Gasteiger partial charge >= 0.3 is 0 Å². The van der Waals surface area contributed by atoms with Crippen LogP contribution in [0, 0.1) is 5.82 Å². The number of hydrogen-bond donors (Lipinski definition) is 2. The number of amides is 1. The van der Waals surface area contributed by atoms with Crippen molar-refractivity contribution >= 4 is 45.5 Å². The molecule has 0 spiro atoms. The Bertz CT molecular complexity index is 951. The van der Waals surface area contributed by atoms with Crippen LogP contribution in [0.3, 0.4) is 0 Å². The molecule has 3 rings (SSSR count). The monoisotopic (exact) mass is 418 g/mol. The maximum atomic E-state index is 13.7. The van der Waals surface area contributed by atoms with E-state index in [4.69, 9.17) is 4.74 Å². The van der Waals surface area contributed by atoms with Gasteiger partial charge in [0.15, 0.2) is 4.34 Å². The minimum Gasteiger partial charge on any atom is -0.492 e. The summed E-state index contributed by atoms with van der Waals surface area (Å²) in [6.45, 7) is 4.22. The van der Waals surface area contributed by atoms with E-state index in [0.29, 0.717) is 16.1 Å². The molecule has 0 radical (unpaired) electrons. The number of para-hydroxylation sites is 3. The highest BCUT2D eigenvalue weighted by Crippen LogP contribution is 2.33. The smallest absolute Gasteiger partial charge is 0.237 e. The third kappa shape index (κ3) is 5.20. The van der Waals surface area contributed by atoms with Gasteiger partial charge in [-0.15, -0.1) is 10.2 Å². The van der Waals surface area contributed by atoms with Gasteiger partial charge in [0.2, 0.25) is 11.0 Å². The van der Waals surface area contributed by atoms with Gasteiger partial charge in [-0.25, -0.2) is 4.39 Å². The molecule has 1 heterocycles. The second-order valence-electron chi connectivity index (χ2n) is 5.66. The predicted octanol–water partition coefficient (Wildman–Crippen LogP) is 4.94. The summed E-state index contributed by atoms with van der Waals surface area (Å²) in [5.74, 6) is -0.0445. The summed E-state index contributed by atoms with van der Waals surface area (Å²) in [7, 11) is 0. The molecule has 0 aliphatic carbocycles. The van der Waals surface area contributed by atoms with Crippen LogP contribution in [0.5, 0.6) is 5.75 Å². The molecule has 0 bridgehead atoms. The Labute approximate surface area is 170 Å². The fourth-order valence-electron chi connectivity index (χ4n) is 2.28. The first-order chi connectivity index (χ1) is 13.6. The number of anilines is 3. The van der Waals surface area contributed by atoms with Crippen molar-refractivity contribution in [2.24, 2.45) is 0 Å². The van der Waals surface area contributed by atoms with E-state index < -0.39 is 11.1 Å². The molecule has 1 amide bonds. The van der Waals surface area contributed by atoms with E-state index in [1.165, 1.54) is 35.2 Å². The lowest BCUT2D eigenvalue weighted by atomic mass is 10.3. The van der Waals surface area contributed by atoms with E-state index in [2.05, 4.69) is 20.8 Å². The van der Waals surface area contributed by atoms with Crippen LogP contribution < -0.4 is 15.4 Å². The Morgan fingerprint density at radius 3 is 2.64 bits per heavy atom. The molecule has 1 aromatic heterocycles. The highest BCUT2D eigenvalue weighted by atomic mass is 32.2. The number of nitrogens with zero attached hydrogens (tertiary/aromatic N) is 2. The Balaban J connectivity index is 1.61. The van der Waals surface area contributed by atoms with Crippen molar-refractivity contribution in [2.45, 2.75) is 23.4 Å². The summed E-state index contributed by atoms with van der Waals surface area (Å²) in [6, 6.07) is 13.6. The largest absolute Gasteiger partial charge is 0.492 e. The van der Waals surface area contributed by atoms with Gasteiger partial charge in [0.1, 0.15) is 11.6 Å². The van der Waals surface area contributed by atoms with Crippen molar-refractivity contribution in [3.8, 4) is 5.75 Å². The van der Waals surface area contributed by atoms with E-state index in [1.54, 1.807) is 19.1 Å². The molecule has 146 valence electrons. The standard InChI is InChI=1S/C19H19FN4O2S2/c1-3-26-16-11-7-6-10-15(16)22-18-23-24-19(28-18)27-12(2)17(25)21-14-9-5-4-8-13(14)20/h4-12H,3H2,1-2H3,(H,21,25)(H,22,23). The van der Waals surface area contributed by atoms with Crippen molar-refractivity contribution in [3.63, 3.8) is 0 Å². The van der Waals surface area contributed by atoms with Crippen LogP contribution in [0.1, 0.15) is 13.8 Å². The van der Waals surface area contributed by atoms with Crippen LogP contribution in [-0.4, -0.2) is 28.0 Å². The molecular weight excluding hydrogens is 399 g/mol. The van der Waals surface area contributed by atoms with Gasteiger partial charge in [-0.05, 0) is 38.1 Å². The number of benzene rings is 2. The van der Waals surface area contributed by atoms with Crippen LogP contribution in [0.25, 0.3) is 0 Å². The van der Waals surface area contributed by atoms with Crippen LogP contribution in [0.4, 0.5) is 20.9 Å². The van der Waals surface area contributed by atoms with Gasteiger partial charge in [-0.3, -0.25) is 4.79 Å². The van der Waals surface area contributed by atoms with Gasteiger partial charge in [0.25, 0.3) is 0 Å². The molecule has 0 aliphatic heterocycles. The molecule has 0 saturated heterocycles. The second-order valence-corrected chi connectivity index (χ2v) is 8.22. The molecule has 3 aromatic rings. The Morgan fingerprint density at radius 1 is 1.18 bits per heavy atom. The number of rotatable bonds is 8. The molecule has 0 saturated carbocycles. The summed E-state index contributed by atoms with van der Waals surface area (Å²) in [4.78, 5) is 12.3. The van der Waals surface area contributed by atoms with Crippen LogP contribution in [0.2, 0.25) is 0 Å². The zero-order chi connectivity index (χ0) is 19.9. The lowest BCUT2D eigenvalue weighted by molar-refractivity contribution is -0.115. The Kier molecular flexibility index (Phi) is 6.83. The van der Waals surface area contributed by atoms with Crippen molar-refractivity contribution in [1.29, 1.82) is 0 Å². The van der Waals surface area contributed by atoms with Crippen LogP contribution >= 0.6 is 23.1 Å². The Hall–Kier alpha value is -2.65. The van der Waals surface area contributed by atoms with E-state index in [0.717, 1.165) is 11.4 Å². The number of carbonyl (C=O) groups is 1. The zero-order valence-corrected chi connectivity index (χ0v) is 16.9. The molecule has 6 nitrogen and oxygen atoms in total. The maximum Gasteiger partial charge on any atom is 0.237 e. The first kappa shape index (κ1) is 20.1. The first-order valence-electron chi connectivity index (χ1n) is 8.61. The number of aromatic nitrogens is 2. The van der Waals surface area contributed by atoms with Crippen molar-refractivity contribution in [3.05, 3.63) is 54.3 Å². The van der Waals surface area contributed by atoms with Crippen LogP contribution in [0.15, 0.2) is 52.9 Å². The minimum atomic E-state index is -0.469. The normalized spacial score (nSPS) is 11.7. The van der Waals surface area contributed by atoms with E-state index >= 15 is 0 Å². The maximum absolute atomic E-state index is 13.7. The van der Waals surface area contributed by atoms with Gasteiger partial charge < -0.3 is 15.4 Å². The minimum absolute atomic E-state index is 0.159. The summed E-state index contributed by atoms with van der Waals surface area (Å²) < 4.78 is 19.9. The number of carbonyl (C=O) groups excluding carboxylic acids is 1. The van der Waals surface area contributed by atoms with E-state index in [-0.39, 0.29) is 11.6 Å². The fourth-order valence-corrected chi connectivity index (χ4v) is 4.18. The average molecular weight is 419 g/mol. The third-order valence-corrected chi connectivity index (χ3v) is 5.64. The average Bonchev–Trinajstić information content (AvgIpc) is 3.12. The molecule has 0 fully saturated rings. The third-order valence-electron chi connectivity index (χ3n) is 3.61. The molecule has 28 heavy (non-hydrogen) atoms. The van der Waals surface area contributed by atoms with Gasteiger partial charge in [0.05, 0.1) is 23.2 Å². The topological polar surface area (TPSA) is 76.1 Å². The molecule has 2 N–H and O–H groups in total. The highest BCUT2D eigenvalue weighted by molar-refractivity contribution is 8.02. The Morgan fingerprint density at radius 2 is 1.89 bits per heavy atom. The highest BCUT2D eigenvalue weighted by Gasteiger charge is 2.18. The number of hydrogen-bond acceptors (Lipinski definition) is 7. The van der Waals surface area contributed by atoms with Gasteiger partial charge in [-0.1, -0.05) is 47.4 Å². The number of nitrogens with one attached hydrogen (secondary N) is 2. The molecule has 9 heteroatoms. The summed E-state index contributed by atoms with van der Waals surface area (Å²) in [6.07, 6.45) is 0. The first-order valence-corrected chi connectivity index (χ1v) is 10.3. The summed E-state index contributed by atoms with van der Waals surface area (Å²) in [5, 5.41) is 14.1. The zero-order valence-electron chi connectivity index (χ0n) is 15.3. The number of thioether (sulfide) groups is 1. The lowest BCUT2D eigenvalue weighted by Gasteiger charge is -2.10. The van der Waals surface area contributed by atoms with Crippen LogP contribution in [-0.2, 0) is 4.79 Å². The van der Waals surface area contributed by atoms with Gasteiger partial charge in [0, 0.05) is 0 Å². The van der Waals surface area contributed by atoms with E-state index in [9.17, 15) is 9.18 Å². The van der Waals surface area contributed by atoms with Crippen molar-refractivity contribution in [2.75, 3.05) is 17.2 Å². The van der Waals surface area contributed by atoms with Crippen molar-refractivity contribution in [1.82, 2.24) is 10.2 Å². The van der Waals surface area contributed by atoms with Gasteiger partial charge in [-0.2, -0.15) is 0 Å². The lowest BCUT2D eigenvalue weighted by Crippen LogP contribution is -2.22. The molecule has 2 aromatic carbocycles. The number of ether oxygens (including phenoxy) is 1. The molecule has 1 atom stereocenters. The molecular formula is C19H19FN4O2S2. The molecule has 0 aliphatic rings. The second kappa shape index (κ2) is 9.52. The van der Waals surface area contributed by atoms with E-state index in [1.807, 2.05) is 31.2 Å². The fraction of sp³-hybridized carbons (Fsp3) is 0.211. The quantitative estimate of drug-likeness (QED) is 0.505. The summed E-state index contributed by atoms with van der Waals surface area (Å²) in [5.41, 5.74) is 0.953. The van der Waals surface area contributed by atoms with Crippen molar-refractivity contribution < 1.29 is 13.9 Å². The predicted molar refractivity (Wildman–Crippen MR) is 111 cm³/mol.